The van der Waals surface area contributed by atoms with Crippen LogP contribution in [0, 0.1) is 5.82 Å². The first-order valence-corrected chi connectivity index (χ1v) is 12.3. The van der Waals surface area contributed by atoms with Crippen molar-refractivity contribution in [3.8, 4) is 16.9 Å². The third kappa shape index (κ3) is 4.81. The van der Waals surface area contributed by atoms with Crippen LogP contribution in [-0.2, 0) is 0 Å². The lowest BCUT2D eigenvalue weighted by Crippen LogP contribution is -2.49. The summed E-state index contributed by atoms with van der Waals surface area (Å²) in [6.45, 7) is 4.11. The second kappa shape index (κ2) is 10.2. The van der Waals surface area contributed by atoms with Gasteiger partial charge in [-0.25, -0.2) is 4.39 Å². The fraction of sp³-hybridized carbons (Fsp3) is 0.345. The van der Waals surface area contributed by atoms with Crippen molar-refractivity contribution in [2.24, 2.45) is 0 Å². The summed E-state index contributed by atoms with van der Waals surface area (Å²) >= 11 is 0. The van der Waals surface area contributed by atoms with Crippen LogP contribution in [0.1, 0.15) is 33.9 Å². The molecule has 0 radical (unpaired) electrons. The van der Waals surface area contributed by atoms with E-state index in [-0.39, 0.29) is 11.9 Å². The predicted octanol–water partition coefficient (Wildman–Crippen LogP) is 4.68. The van der Waals surface area contributed by atoms with Crippen molar-refractivity contribution in [1.29, 1.82) is 0 Å². The zero-order chi connectivity index (χ0) is 24.4. The van der Waals surface area contributed by atoms with E-state index < -0.39 is 5.82 Å². The smallest absolute Gasteiger partial charge is 0.257 e. The molecular weight excluding hydrogens is 441 g/mol. The van der Waals surface area contributed by atoms with Gasteiger partial charge in [0.1, 0.15) is 11.6 Å². The SMILES string of the molecule is CN(C)CCCOc1cc(F)ccc1C(=O)N1CCN(C2c3ccccc3-c3ccccc32)CC1. The first-order valence-electron chi connectivity index (χ1n) is 12.3. The molecule has 0 bridgehead atoms. The minimum Gasteiger partial charge on any atom is -0.493 e. The summed E-state index contributed by atoms with van der Waals surface area (Å²) in [5, 5.41) is 0. The highest BCUT2D eigenvalue weighted by atomic mass is 19.1. The first-order chi connectivity index (χ1) is 17.0. The third-order valence-electron chi connectivity index (χ3n) is 6.95. The minimum atomic E-state index is -0.396. The molecule has 2 aliphatic rings. The van der Waals surface area contributed by atoms with E-state index in [0.29, 0.717) is 31.0 Å². The summed E-state index contributed by atoms with van der Waals surface area (Å²) in [6, 6.07) is 21.6. The van der Waals surface area contributed by atoms with Crippen molar-refractivity contribution in [2.75, 3.05) is 53.4 Å². The van der Waals surface area contributed by atoms with Crippen molar-refractivity contribution in [3.05, 3.63) is 89.2 Å². The molecule has 0 saturated carbocycles. The summed E-state index contributed by atoms with van der Waals surface area (Å²) in [5.74, 6) is -0.165. The van der Waals surface area contributed by atoms with Gasteiger partial charge in [0, 0.05) is 38.8 Å². The Balaban J connectivity index is 1.28. The lowest BCUT2D eigenvalue weighted by molar-refractivity contribution is 0.0595. The first kappa shape index (κ1) is 23.5. The highest BCUT2D eigenvalue weighted by molar-refractivity contribution is 5.97. The molecule has 0 unspecified atom stereocenters. The standard InChI is InChI=1S/C29H32FN3O2/c1-31(2)14-7-19-35-27-20-21(30)12-13-26(27)29(34)33-17-15-32(16-18-33)28-24-10-5-3-8-22(24)23-9-4-6-11-25(23)28/h3-6,8-13,20,28H,7,14-19H2,1-2H3. The number of benzene rings is 3. The normalized spacial score (nSPS) is 15.8. The summed E-state index contributed by atoms with van der Waals surface area (Å²) in [6.07, 6.45) is 0.806. The van der Waals surface area contributed by atoms with Crippen molar-refractivity contribution < 1.29 is 13.9 Å². The maximum Gasteiger partial charge on any atom is 0.257 e. The number of piperazine rings is 1. The molecule has 0 atom stereocenters. The number of ether oxygens (including phenoxy) is 1. The third-order valence-corrected chi connectivity index (χ3v) is 6.95. The fourth-order valence-corrected chi connectivity index (χ4v) is 5.23. The molecule has 5 nitrogen and oxygen atoms in total. The van der Waals surface area contributed by atoms with Crippen LogP contribution in [0.5, 0.6) is 5.75 Å². The number of rotatable bonds is 7. The second-order valence-electron chi connectivity index (χ2n) is 9.55. The lowest BCUT2D eigenvalue weighted by atomic mass is 10.0. The predicted molar refractivity (Wildman–Crippen MR) is 136 cm³/mol. The molecule has 1 aliphatic carbocycles. The van der Waals surface area contributed by atoms with Gasteiger partial charge in [-0.2, -0.15) is 0 Å². The van der Waals surface area contributed by atoms with Crippen LogP contribution in [0.15, 0.2) is 66.7 Å². The summed E-state index contributed by atoms with van der Waals surface area (Å²) in [7, 11) is 4.00. The fourth-order valence-electron chi connectivity index (χ4n) is 5.23. The summed E-state index contributed by atoms with van der Waals surface area (Å²) < 4.78 is 19.8. The quantitative estimate of drug-likeness (QED) is 0.467. The van der Waals surface area contributed by atoms with E-state index in [1.165, 1.54) is 34.4 Å². The molecule has 1 amide bonds. The Kier molecular flexibility index (Phi) is 6.84. The van der Waals surface area contributed by atoms with Gasteiger partial charge in [-0.05, 0) is 54.9 Å². The van der Waals surface area contributed by atoms with Crippen molar-refractivity contribution >= 4 is 5.91 Å². The molecule has 0 spiro atoms. The Morgan fingerprint density at radius 1 is 0.943 bits per heavy atom. The molecule has 0 aromatic heterocycles. The highest BCUT2D eigenvalue weighted by Crippen LogP contribution is 2.46. The van der Waals surface area contributed by atoms with E-state index in [1.807, 2.05) is 19.0 Å². The Hall–Kier alpha value is -3.22. The van der Waals surface area contributed by atoms with Gasteiger partial charge >= 0.3 is 0 Å². The van der Waals surface area contributed by atoms with Gasteiger partial charge in [0.25, 0.3) is 5.91 Å². The van der Waals surface area contributed by atoms with Crippen molar-refractivity contribution in [2.45, 2.75) is 12.5 Å². The van der Waals surface area contributed by atoms with Gasteiger partial charge in [0.2, 0.25) is 0 Å². The Labute approximate surface area is 206 Å². The average molecular weight is 474 g/mol. The molecule has 1 aliphatic heterocycles. The number of halogens is 1. The Morgan fingerprint density at radius 2 is 1.57 bits per heavy atom. The van der Waals surface area contributed by atoms with Crippen LogP contribution >= 0.6 is 0 Å². The number of fused-ring (bicyclic) bond motifs is 3. The number of nitrogens with zero attached hydrogens (tertiary/aromatic N) is 3. The number of hydrogen-bond acceptors (Lipinski definition) is 4. The molecule has 1 heterocycles. The van der Waals surface area contributed by atoms with Crippen molar-refractivity contribution in [3.63, 3.8) is 0 Å². The molecule has 35 heavy (non-hydrogen) atoms. The Morgan fingerprint density at radius 3 is 2.20 bits per heavy atom. The van der Waals surface area contributed by atoms with E-state index in [4.69, 9.17) is 4.74 Å². The maximum atomic E-state index is 13.9. The van der Waals surface area contributed by atoms with Crippen LogP contribution in [0.25, 0.3) is 11.1 Å². The zero-order valence-electron chi connectivity index (χ0n) is 20.4. The van der Waals surface area contributed by atoms with Crippen LogP contribution in [0.4, 0.5) is 4.39 Å². The molecule has 6 heteroatoms. The van der Waals surface area contributed by atoms with E-state index in [1.54, 1.807) is 6.07 Å². The molecule has 1 fully saturated rings. The summed E-state index contributed by atoms with van der Waals surface area (Å²) in [4.78, 5) is 19.8. The van der Waals surface area contributed by atoms with E-state index in [9.17, 15) is 9.18 Å². The van der Waals surface area contributed by atoms with E-state index in [0.717, 1.165) is 26.1 Å². The average Bonchev–Trinajstić information content (AvgIpc) is 3.21. The van der Waals surface area contributed by atoms with Crippen LogP contribution < -0.4 is 4.74 Å². The monoisotopic (exact) mass is 473 g/mol. The van der Waals surface area contributed by atoms with Crippen LogP contribution in [0.2, 0.25) is 0 Å². The minimum absolute atomic E-state index is 0.0977. The molecular formula is C29H32FN3O2. The molecule has 3 aromatic carbocycles. The van der Waals surface area contributed by atoms with Gasteiger partial charge < -0.3 is 14.5 Å². The van der Waals surface area contributed by atoms with Crippen LogP contribution in [-0.4, -0.2) is 74.0 Å². The molecule has 3 aromatic rings. The topological polar surface area (TPSA) is 36.0 Å². The number of amides is 1. The number of carbonyl (C=O) groups is 1. The van der Waals surface area contributed by atoms with Gasteiger partial charge in [0.05, 0.1) is 18.2 Å². The number of carbonyl (C=O) groups excluding carboxylic acids is 1. The maximum absolute atomic E-state index is 13.9. The van der Waals surface area contributed by atoms with E-state index >= 15 is 0 Å². The largest absolute Gasteiger partial charge is 0.493 e. The van der Waals surface area contributed by atoms with Crippen molar-refractivity contribution in [1.82, 2.24) is 14.7 Å². The second-order valence-corrected chi connectivity index (χ2v) is 9.55. The van der Waals surface area contributed by atoms with E-state index in [2.05, 4.69) is 58.3 Å². The van der Waals surface area contributed by atoms with Gasteiger partial charge in [0.15, 0.2) is 0 Å². The van der Waals surface area contributed by atoms with Gasteiger partial charge in [-0.15, -0.1) is 0 Å². The molecule has 182 valence electrons. The highest BCUT2D eigenvalue weighted by Gasteiger charge is 2.35. The van der Waals surface area contributed by atoms with Crippen LogP contribution in [0.3, 0.4) is 0 Å². The molecule has 5 rings (SSSR count). The van der Waals surface area contributed by atoms with Gasteiger partial charge in [-0.1, -0.05) is 48.5 Å². The summed E-state index contributed by atoms with van der Waals surface area (Å²) in [5.41, 5.74) is 5.70. The molecule has 1 saturated heterocycles. The lowest BCUT2D eigenvalue weighted by Gasteiger charge is -2.39. The van der Waals surface area contributed by atoms with Gasteiger partial charge in [-0.3, -0.25) is 9.69 Å². The zero-order valence-corrected chi connectivity index (χ0v) is 20.4. The molecule has 0 N–H and O–H groups in total. The number of hydrogen-bond donors (Lipinski definition) is 0. The Bertz CT molecular complexity index is 1160.